The predicted octanol–water partition coefficient (Wildman–Crippen LogP) is 4.35. The molecule has 0 radical (unpaired) electrons. The Labute approximate surface area is 200 Å². The van der Waals surface area contributed by atoms with Crippen molar-refractivity contribution in [3.63, 3.8) is 0 Å². The van der Waals surface area contributed by atoms with Crippen molar-refractivity contribution >= 4 is 40.0 Å². The second-order valence-electron chi connectivity index (χ2n) is 7.99. The van der Waals surface area contributed by atoms with Crippen molar-refractivity contribution in [1.29, 1.82) is 0 Å². The van der Waals surface area contributed by atoms with E-state index in [-0.39, 0.29) is 36.2 Å². The Morgan fingerprint density at radius 2 is 2.11 bits per heavy atom. The number of hydrogen-bond donors (Lipinski definition) is 3. The van der Waals surface area contributed by atoms with Gasteiger partial charge in [-0.05, 0) is 18.2 Å². The molecule has 178 valence electrons. The smallest absolute Gasteiger partial charge is 0.325 e. The van der Waals surface area contributed by atoms with Crippen LogP contribution in [0.3, 0.4) is 0 Å². The number of carbonyl (C=O) groups is 1. The molecule has 35 heavy (non-hydrogen) atoms. The molecule has 2 aromatic carbocycles. The molecule has 0 fully saturated rings. The highest BCUT2D eigenvalue weighted by Gasteiger charge is 2.25. The third-order valence-electron chi connectivity index (χ3n) is 5.68. The van der Waals surface area contributed by atoms with E-state index in [0.29, 0.717) is 12.1 Å². The zero-order valence-corrected chi connectivity index (χ0v) is 18.9. The topological polar surface area (TPSA) is 105 Å². The van der Waals surface area contributed by atoms with Gasteiger partial charge in [0, 0.05) is 36.0 Å². The van der Waals surface area contributed by atoms with Crippen molar-refractivity contribution in [2.75, 3.05) is 22.6 Å². The number of rotatable bonds is 7. The molecule has 1 unspecified atom stereocenters. The average Bonchev–Trinajstić information content (AvgIpc) is 3.45. The van der Waals surface area contributed by atoms with E-state index < -0.39 is 5.82 Å². The zero-order valence-electron chi connectivity index (χ0n) is 18.9. The zero-order chi connectivity index (χ0) is 24.4. The largest absolute Gasteiger partial charge is 0.508 e. The number of hydrogen-bond acceptors (Lipinski definition) is 8. The molecule has 3 N–H and O–H groups in total. The number of fused-ring (bicyclic) bond motifs is 1. The number of para-hydroxylation sites is 1. The molecule has 0 spiro atoms. The number of aromatic nitrogens is 3. The molecule has 3 heterocycles. The molecule has 9 nitrogen and oxygen atoms in total. The summed E-state index contributed by atoms with van der Waals surface area (Å²) in [5.74, 6) is -0.671. The molecule has 1 aliphatic heterocycles. The summed E-state index contributed by atoms with van der Waals surface area (Å²) in [4.78, 5) is 22.3. The van der Waals surface area contributed by atoms with E-state index in [0.717, 1.165) is 22.8 Å². The summed E-state index contributed by atoms with van der Waals surface area (Å²) in [7, 11) is 1.37. The normalized spacial score (nSPS) is 14.9. The number of halogens is 1. The summed E-state index contributed by atoms with van der Waals surface area (Å²) in [6.45, 7) is 0.0950. The lowest BCUT2D eigenvalue weighted by Gasteiger charge is -2.26. The van der Waals surface area contributed by atoms with Crippen LogP contribution in [0.4, 0.5) is 27.5 Å². The van der Waals surface area contributed by atoms with Gasteiger partial charge >= 0.3 is 5.97 Å². The van der Waals surface area contributed by atoms with Crippen LogP contribution in [0.25, 0.3) is 10.9 Å². The lowest BCUT2D eigenvalue weighted by molar-refractivity contribution is -0.141. The fourth-order valence-corrected chi connectivity index (χ4v) is 4.06. The summed E-state index contributed by atoms with van der Waals surface area (Å²) < 4.78 is 21.1. The van der Waals surface area contributed by atoms with Crippen LogP contribution < -0.4 is 15.5 Å². The van der Waals surface area contributed by atoms with Gasteiger partial charge in [-0.1, -0.05) is 30.3 Å². The van der Waals surface area contributed by atoms with Gasteiger partial charge in [0.15, 0.2) is 11.6 Å². The minimum Gasteiger partial charge on any atom is -0.508 e. The molecule has 0 saturated carbocycles. The fraction of sp³-hybridized carbons (Fsp3) is 0.160. The third kappa shape index (κ3) is 4.58. The summed E-state index contributed by atoms with van der Waals surface area (Å²) in [6, 6.07) is 14.1. The van der Waals surface area contributed by atoms with Crippen molar-refractivity contribution in [3.8, 4) is 5.75 Å². The Bertz CT molecular complexity index is 1420. The van der Waals surface area contributed by atoms with Crippen LogP contribution in [0.5, 0.6) is 5.75 Å². The number of carbonyl (C=O) groups excluding carboxylic acids is 1. The minimum atomic E-state index is -0.619. The van der Waals surface area contributed by atoms with E-state index in [4.69, 9.17) is 4.74 Å². The molecular weight excluding hydrogens is 451 g/mol. The number of anilines is 4. The molecule has 2 aromatic heterocycles. The molecule has 0 saturated heterocycles. The van der Waals surface area contributed by atoms with Crippen molar-refractivity contribution in [1.82, 2.24) is 14.5 Å². The second-order valence-corrected chi connectivity index (χ2v) is 7.99. The van der Waals surface area contributed by atoms with Gasteiger partial charge < -0.3 is 29.9 Å². The van der Waals surface area contributed by atoms with Crippen LogP contribution in [0.1, 0.15) is 6.42 Å². The summed E-state index contributed by atoms with van der Waals surface area (Å²) in [6.07, 6.45) is 7.40. The fourth-order valence-electron chi connectivity index (χ4n) is 4.06. The van der Waals surface area contributed by atoms with Gasteiger partial charge in [-0.3, -0.25) is 4.79 Å². The van der Waals surface area contributed by atoms with Crippen LogP contribution in [-0.2, 0) is 16.1 Å². The van der Waals surface area contributed by atoms with Gasteiger partial charge in [-0.2, -0.15) is 4.98 Å². The van der Waals surface area contributed by atoms with E-state index in [1.54, 1.807) is 12.1 Å². The van der Waals surface area contributed by atoms with Gasteiger partial charge in [0.1, 0.15) is 18.5 Å². The lowest BCUT2D eigenvalue weighted by atomic mass is 10.2. The number of benzene rings is 2. The molecule has 0 aliphatic carbocycles. The van der Waals surface area contributed by atoms with E-state index >= 15 is 0 Å². The number of ether oxygens (including phenoxy) is 1. The Morgan fingerprint density at radius 3 is 2.94 bits per heavy atom. The minimum absolute atomic E-state index is 0.0136. The number of phenols is 1. The van der Waals surface area contributed by atoms with Crippen LogP contribution >= 0.6 is 0 Å². The first-order valence-corrected chi connectivity index (χ1v) is 11.0. The Balaban J connectivity index is 1.41. The summed E-state index contributed by atoms with van der Waals surface area (Å²) >= 11 is 0. The number of aromatic hydroxyl groups is 1. The molecular formula is C25H23FN6O3. The molecule has 1 aliphatic rings. The van der Waals surface area contributed by atoms with E-state index in [1.807, 2.05) is 52.2 Å². The van der Waals surface area contributed by atoms with Gasteiger partial charge in [-0.15, -0.1) is 0 Å². The number of phenolic OH excluding ortho intramolecular Hbond substituents is 1. The average molecular weight is 474 g/mol. The van der Waals surface area contributed by atoms with Crippen molar-refractivity contribution in [2.45, 2.75) is 19.1 Å². The third-order valence-corrected chi connectivity index (χ3v) is 5.68. The molecule has 1 atom stereocenters. The predicted molar refractivity (Wildman–Crippen MR) is 131 cm³/mol. The summed E-state index contributed by atoms with van der Waals surface area (Å²) in [5, 5.41) is 16.8. The standard InChI is InChI=1S/C25H23FN6O3/c1-35-23(34)15-31-14-21(18-8-2-3-9-20(18)31)32-11-5-10-22(32)29-25-27-13-19(26)24(30-25)28-16-6-4-7-17(33)12-16/h2-9,11-14,22,33H,10,15H2,1H3,(H2,27,28,29,30). The molecule has 0 amide bonds. The first-order valence-electron chi connectivity index (χ1n) is 11.0. The number of esters is 1. The lowest BCUT2D eigenvalue weighted by Crippen LogP contribution is -2.34. The number of methoxy groups -OCH3 is 1. The Morgan fingerprint density at radius 1 is 1.26 bits per heavy atom. The van der Waals surface area contributed by atoms with E-state index in [2.05, 4.69) is 20.6 Å². The van der Waals surface area contributed by atoms with Crippen LogP contribution in [-0.4, -0.2) is 38.9 Å². The number of nitrogens with one attached hydrogen (secondary N) is 2. The first-order chi connectivity index (χ1) is 17.0. The quantitative estimate of drug-likeness (QED) is 0.340. The molecule has 4 aromatic rings. The highest BCUT2D eigenvalue weighted by Crippen LogP contribution is 2.34. The van der Waals surface area contributed by atoms with Gasteiger partial charge in [0.25, 0.3) is 0 Å². The molecule has 0 bridgehead atoms. The van der Waals surface area contributed by atoms with Crippen LogP contribution in [0.2, 0.25) is 0 Å². The molecule has 10 heteroatoms. The van der Waals surface area contributed by atoms with Crippen LogP contribution in [0.15, 0.2) is 73.2 Å². The number of nitrogens with zero attached hydrogens (tertiary/aromatic N) is 4. The monoisotopic (exact) mass is 474 g/mol. The van der Waals surface area contributed by atoms with E-state index in [1.165, 1.54) is 19.2 Å². The van der Waals surface area contributed by atoms with Gasteiger partial charge in [-0.25, -0.2) is 9.37 Å². The Kier molecular flexibility index (Phi) is 5.92. The van der Waals surface area contributed by atoms with Gasteiger partial charge in [0.05, 0.1) is 24.5 Å². The Hall–Kier alpha value is -4.60. The molecule has 5 rings (SSSR count). The summed E-state index contributed by atoms with van der Waals surface area (Å²) in [5.41, 5.74) is 2.30. The highest BCUT2D eigenvalue weighted by atomic mass is 19.1. The van der Waals surface area contributed by atoms with Gasteiger partial charge in [0.2, 0.25) is 5.95 Å². The van der Waals surface area contributed by atoms with E-state index in [9.17, 15) is 14.3 Å². The van der Waals surface area contributed by atoms with Crippen molar-refractivity contribution < 1.29 is 19.0 Å². The van der Waals surface area contributed by atoms with Crippen LogP contribution in [0, 0.1) is 5.82 Å². The maximum Gasteiger partial charge on any atom is 0.325 e. The second kappa shape index (κ2) is 9.34. The SMILES string of the molecule is COC(=O)Cn1cc(N2C=CCC2Nc2ncc(F)c(Nc3cccc(O)c3)n2)c2ccccc21. The first kappa shape index (κ1) is 22.2. The maximum atomic E-state index is 14.4. The van der Waals surface area contributed by atoms with Crippen molar-refractivity contribution in [2.24, 2.45) is 0 Å². The van der Waals surface area contributed by atoms with Crippen molar-refractivity contribution in [3.05, 3.63) is 79.0 Å². The maximum absolute atomic E-state index is 14.4. The highest BCUT2D eigenvalue weighted by molar-refractivity contribution is 5.95.